The van der Waals surface area contributed by atoms with Gasteiger partial charge in [0.15, 0.2) is 0 Å². The molecular formula is C14H22N2O3. The number of hydrogen-bond acceptors (Lipinski definition) is 3. The number of aryl methyl sites for hydroxylation is 1. The van der Waals surface area contributed by atoms with Crippen LogP contribution in [0.25, 0.3) is 0 Å². The third-order valence-corrected chi connectivity index (χ3v) is 2.94. The average Bonchev–Trinajstić information content (AvgIpc) is 2.28. The molecule has 0 radical (unpaired) electrons. The number of aromatic nitrogens is 1. The van der Waals surface area contributed by atoms with Gasteiger partial charge in [0.05, 0.1) is 6.10 Å². The monoisotopic (exact) mass is 266 g/mol. The van der Waals surface area contributed by atoms with Gasteiger partial charge in [-0.3, -0.25) is 9.59 Å². The van der Waals surface area contributed by atoms with Crippen LogP contribution in [0.1, 0.15) is 37.6 Å². The van der Waals surface area contributed by atoms with E-state index < -0.39 is 6.10 Å². The Balaban J connectivity index is 2.65. The average molecular weight is 266 g/mol. The van der Waals surface area contributed by atoms with Crippen molar-refractivity contribution in [2.75, 3.05) is 6.54 Å². The second-order valence-electron chi connectivity index (χ2n) is 5.76. The van der Waals surface area contributed by atoms with Gasteiger partial charge in [-0.25, -0.2) is 0 Å². The predicted octanol–water partition coefficient (Wildman–Crippen LogP) is 0.912. The topological polar surface area (TPSA) is 71.3 Å². The number of nitrogens with zero attached hydrogens (tertiary/aromatic N) is 1. The van der Waals surface area contributed by atoms with Crippen LogP contribution < -0.4 is 10.9 Å². The molecule has 1 aromatic rings. The zero-order valence-electron chi connectivity index (χ0n) is 11.9. The molecule has 5 heteroatoms. The van der Waals surface area contributed by atoms with E-state index in [1.807, 2.05) is 13.8 Å². The highest BCUT2D eigenvalue weighted by atomic mass is 16.3. The maximum absolute atomic E-state index is 11.9. The normalized spacial score (nSPS) is 13.1. The first-order valence-corrected chi connectivity index (χ1v) is 6.34. The smallest absolute Gasteiger partial charge is 0.251 e. The third kappa shape index (κ3) is 4.87. The van der Waals surface area contributed by atoms with Crippen molar-refractivity contribution in [3.05, 3.63) is 34.2 Å². The van der Waals surface area contributed by atoms with E-state index in [1.165, 1.54) is 10.6 Å². The lowest BCUT2D eigenvalue weighted by Crippen LogP contribution is -2.36. The van der Waals surface area contributed by atoms with Gasteiger partial charge in [0.2, 0.25) is 0 Å². The Bertz CT molecular complexity index is 504. The fourth-order valence-electron chi connectivity index (χ4n) is 1.98. The SMILES string of the molecule is CC(O)CC(C)(C)CNC(=O)c1ccn(C)c(=O)c1. The van der Waals surface area contributed by atoms with Crippen LogP contribution in [0.2, 0.25) is 0 Å². The molecule has 2 N–H and O–H groups in total. The summed E-state index contributed by atoms with van der Waals surface area (Å²) in [5.41, 5.74) is -0.0457. The molecule has 1 unspecified atom stereocenters. The minimum absolute atomic E-state index is 0.191. The zero-order chi connectivity index (χ0) is 14.6. The number of aliphatic hydroxyl groups is 1. The highest BCUT2D eigenvalue weighted by Gasteiger charge is 2.21. The maximum atomic E-state index is 11.9. The predicted molar refractivity (Wildman–Crippen MR) is 74.1 cm³/mol. The Morgan fingerprint density at radius 2 is 2.16 bits per heavy atom. The number of rotatable bonds is 5. The molecule has 5 nitrogen and oxygen atoms in total. The number of carbonyl (C=O) groups is 1. The van der Waals surface area contributed by atoms with Gasteiger partial charge in [-0.1, -0.05) is 13.8 Å². The van der Waals surface area contributed by atoms with Crippen LogP contribution in [0, 0.1) is 5.41 Å². The molecule has 19 heavy (non-hydrogen) atoms. The van der Waals surface area contributed by atoms with E-state index >= 15 is 0 Å². The van der Waals surface area contributed by atoms with Crippen molar-refractivity contribution in [2.24, 2.45) is 12.5 Å². The van der Waals surface area contributed by atoms with Crippen molar-refractivity contribution >= 4 is 5.91 Å². The molecule has 0 aliphatic heterocycles. The Labute approximate surface area is 113 Å². The van der Waals surface area contributed by atoms with E-state index in [0.717, 1.165) is 0 Å². The summed E-state index contributed by atoms with van der Waals surface area (Å²) in [5.74, 6) is -0.267. The summed E-state index contributed by atoms with van der Waals surface area (Å²) >= 11 is 0. The molecule has 1 aromatic heterocycles. The minimum Gasteiger partial charge on any atom is -0.393 e. The van der Waals surface area contributed by atoms with Crippen molar-refractivity contribution < 1.29 is 9.90 Å². The first-order chi connectivity index (χ1) is 8.71. The maximum Gasteiger partial charge on any atom is 0.251 e. The van der Waals surface area contributed by atoms with Crippen molar-refractivity contribution in [1.82, 2.24) is 9.88 Å². The lowest BCUT2D eigenvalue weighted by atomic mass is 9.87. The summed E-state index contributed by atoms with van der Waals surface area (Å²) in [4.78, 5) is 23.4. The highest BCUT2D eigenvalue weighted by molar-refractivity contribution is 5.93. The van der Waals surface area contributed by atoms with E-state index in [9.17, 15) is 14.7 Å². The largest absolute Gasteiger partial charge is 0.393 e. The lowest BCUT2D eigenvalue weighted by molar-refractivity contribution is 0.0901. The summed E-state index contributed by atoms with van der Waals surface area (Å²) in [6, 6.07) is 2.93. The molecule has 106 valence electrons. The van der Waals surface area contributed by atoms with Crippen LogP contribution in [0.15, 0.2) is 23.1 Å². The van der Waals surface area contributed by atoms with Gasteiger partial charge in [-0.05, 0) is 24.8 Å². The molecule has 0 bridgehead atoms. The Hall–Kier alpha value is -1.62. The number of carbonyl (C=O) groups excluding carboxylic acids is 1. The second kappa shape index (κ2) is 6.02. The fourth-order valence-corrected chi connectivity index (χ4v) is 1.98. The van der Waals surface area contributed by atoms with Crippen LogP contribution in [-0.2, 0) is 7.05 Å². The number of amides is 1. The van der Waals surface area contributed by atoms with Crippen LogP contribution in [0.4, 0.5) is 0 Å². The van der Waals surface area contributed by atoms with Crippen LogP contribution in [0.5, 0.6) is 0 Å². The van der Waals surface area contributed by atoms with Gasteiger partial charge in [-0.15, -0.1) is 0 Å². The van der Waals surface area contributed by atoms with Gasteiger partial charge in [0.25, 0.3) is 11.5 Å². The molecule has 0 saturated carbocycles. The minimum atomic E-state index is -0.407. The van der Waals surface area contributed by atoms with Gasteiger partial charge in [0, 0.05) is 31.4 Å². The summed E-state index contributed by atoms with van der Waals surface area (Å²) in [5, 5.41) is 12.2. The number of aliphatic hydroxyl groups excluding tert-OH is 1. The van der Waals surface area contributed by atoms with Crippen molar-refractivity contribution in [1.29, 1.82) is 0 Å². The first-order valence-electron chi connectivity index (χ1n) is 6.34. The molecule has 1 rings (SSSR count). The van der Waals surface area contributed by atoms with Gasteiger partial charge in [0.1, 0.15) is 0 Å². The second-order valence-corrected chi connectivity index (χ2v) is 5.76. The molecule has 1 amide bonds. The summed E-state index contributed by atoms with van der Waals surface area (Å²) in [6.07, 6.45) is 1.76. The van der Waals surface area contributed by atoms with Gasteiger partial charge >= 0.3 is 0 Å². The van der Waals surface area contributed by atoms with E-state index in [-0.39, 0.29) is 16.9 Å². The Kier molecular flexibility index (Phi) is 4.89. The van der Waals surface area contributed by atoms with Crippen molar-refractivity contribution in [3.63, 3.8) is 0 Å². The number of nitrogens with one attached hydrogen (secondary N) is 1. The molecule has 1 atom stereocenters. The number of hydrogen-bond donors (Lipinski definition) is 2. The van der Waals surface area contributed by atoms with Crippen molar-refractivity contribution in [3.8, 4) is 0 Å². The Morgan fingerprint density at radius 1 is 1.53 bits per heavy atom. The lowest BCUT2D eigenvalue weighted by Gasteiger charge is -2.26. The highest BCUT2D eigenvalue weighted by Crippen LogP contribution is 2.21. The van der Waals surface area contributed by atoms with E-state index in [2.05, 4.69) is 5.32 Å². The molecule has 1 heterocycles. The first kappa shape index (κ1) is 15.4. The summed E-state index contributed by atoms with van der Waals surface area (Å²) < 4.78 is 1.41. The molecular weight excluding hydrogens is 244 g/mol. The third-order valence-electron chi connectivity index (χ3n) is 2.94. The zero-order valence-corrected chi connectivity index (χ0v) is 11.9. The molecule has 0 fully saturated rings. The fraction of sp³-hybridized carbons (Fsp3) is 0.571. The van der Waals surface area contributed by atoms with Crippen molar-refractivity contribution in [2.45, 2.75) is 33.3 Å². The molecule has 0 aliphatic carbocycles. The molecule has 0 aliphatic rings. The van der Waals surface area contributed by atoms with E-state index in [0.29, 0.717) is 18.5 Å². The quantitative estimate of drug-likeness (QED) is 0.832. The molecule has 0 saturated heterocycles. The van der Waals surface area contributed by atoms with Crippen LogP contribution >= 0.6 is 0 Å². The Morgan fingerprint density at radius 3 is 2.68 bits per heavy atom. The van der Waals surface area contributed by atoms with Gasteiger partial charge < -0.3 is 15.0 Å². The molecule has 0 spiro atoms. The van der Waals surface area contributed by atoms with E-state index in [4.69, 9.17) is 0 Å². The standard InChI is InChI=1S/C14H22N2O3/c1-10(17)8-14(2,3)9-15-13(19)11-5-6-16(4)12(18)7-11/h5-7,10,17H,8-9H2,1-4H3,(H,15,19). The number of pyridine rings is 1. The van der Waals surface area contributed by atoms with Gasteiger partial charge in [-0.2, -0.15) is 0 Å². The van der Waals surface area contributed by atoms with Crippen LogP contribution in [0.3, 0.4) is 0 Å². The van der Waals surface area contributed by atoms with Crippen LogP contribution in [-0.4, -0.2) is 28.2 Å². The summed E-state index contributed by atoms with van der Waals surface area (Å²) in [6.45, 7) is 6.13. The summed E-state index contributed by atoms with van der Waals surface area (Å²) in [7, 11) is 1.63. The van der Waals surface area contributed by atoms with E-state index in [1.54, 1.807) is 26.2 Å². The molecule has 0 aromatic carbocycles.